The minimum Gasteiger partial charge on any atom is -0.468 e. The Morgan fingerprint density at radius 1 is 1.29 bits per heavy atom. The van der Waals surface area contributed by atoms with Gasteiger partial charge in [0.25, 0.3) is 11.8 Å². The van der Waals surface area contributed by atoms with E-state index in [1.807, 2.05) is 4.90 Å². The third-order valence-corrected chi connectivity index (χ3v) is 3.93. The number of hydrogen-bond donors (Lipinski definition) is 1. The van der Waals surface area contributed by atoms with Crippen molar-refractivity contribution < 1.29 is 19.1 Å². The topological polar surface area (TPSA) is 85.7 Å². The lowest BCUT2D eigenvalue weighted by Crippen LogP contribution is -2.38. The van der Waals surface area contributed by atoms with Crippen LogP contribution in [-0.2, 0) is 16.6 Å². The number of amides is 2. The molecule has 1 aromatic rings. The van der Waals surface area contributed by atoms with Crippen LogP contribution < -0.4 is 10.1 Å². The van der Waals surface area contributed by atoms with Crippen LogP contribution in [-0.4, -0.2) is 66.5 Å². The molecule has 0 aromatic carbocycles. The Morgan fingerprint density at radius 2 is 2.04 bits per heavy atom. The summed E-state index contributed by atoms with van der Waals surface area (Å²) >= 11 is 0. The molecule has 0 aliphatic carbocycles. The minimum atomic E-state index is -0.265. The molecular formula is C16H26N4O4. The van der Waals surface area contributed by atoms with E-state index in [0.29, 0.717) is 19.0 Å². The largest absolute Gasteiger partial charge is 0.468 e. The van der Waals surface area contributed by atoms with Gasteiger partial charge >= 0.3 is 0 Å². The van der Waals surface area contributed by atoms with Crippen molar-refractivity contribution in [2.24, 2.45) is 7.05 Å². The van der Waals surface area contributed by atoms with Gasteiger partial charge in [-0.3, -0.25) is 9.59 Å². The average Bonchev–Trinajstić information content (AvgIpc) is 2.98. The predicted molar refractivity (Wildman–Crippen MR) is 88.0 cm³/mol. The molecule has 2 heterocycles. The van der Waals surface area contributed by atoms with Gasteiger partial charge in [0.15, 0.2) is 12.3 Å². The fourth-order valence-electron chi connectivity index (χ4n) is 2.58. The number of carbonyl (C=O) groups is 2. The third-order valence-electron chi connectivity index (χ3n) is 3.93. The van der Waals surface area contributed by atoms with Crippen LogP contribution in [0, 0.1) is 0 Å². The molecule has 8 heteroatoms. The fraction of sp³-hybridized carbons (Fsp3) is 0.688. The zero-order valence-electron chi connectivity index (χ0n) is 14.4. The van der Waals surface area contributed by atoms with Crippen LogP contribution in [0.4, 0.5) is 0 Å². The van der Waals surface area contributed by atoms with E-state index in [4.69, 9.17) is 9.47 Å². The van der Waals surface area contributed by atoms with E-state index in [0.717, 1.165) is 32.4 Å². The Morgan fingerprint density at radius 3 is 2.75 bits per heavy atom. The number of piperidine rings is 1. The molecule has 0 radical (unpaired) electrons. The first-order valence-electron chi connectivity index (χ1n) is 8.33. The minimum absolute atomic E-state index is 0.0264. The maximum atomic E-state index is 12.1. The standard InChI is InChI=1S/C16H26N4O4/c1-19-15(24-12-14(21)20-8-4-3-5-9-20)11-13(18-19)16(22)17-7-6-10-23-2/h11H,3-10,12H2,1-2H3,(H,17,22). The van der Waals surface area contributed by atoms with Crippen LogP contribution in [0.5, 0.6) is 5.88 Å². The molecule has 1 fully saturated rings. The Bertz CT molecular complexity index is 552. The fourth-order valence-corrected chi connectivity index (χ4v) is 2.58. The maximum absolute atomic E-state index is 12.1. The van der Waals surface area contributed by atoms with Gasteiger partial charge in [0.05, 0.1) is 0 Å². The summed E-state index contributed by atoms with van der Waals surface area (Å²) in [4.78, 5) is 25.9. The van der Waals surface area contributed by atoms with E-state index in [-0.39, 0.29) is 24.1 Å². The highest BCUT2D eigenvalue weighted by Crippen LogP contribution is 2.13. The quantitative estimate of drug-likeness (QED) is 0.701. The predicted octanol–water partition coefficient (Wildman–Crippen LogP) is 0.578. The van der Waals surface area contributed by atoms with Crippen molar-refractivity contribution in [3.05, 3.63) is 11.8 Å². The van der Waals surface area contributed by atoms with Crippen LogP contribution in [0.3, 0.4) is 0 Å². The smallest absolute Gasteiger partial charge is 0.271 e. The molecule has 0 unspecified atom stereocenters. The lowest BCUT2D eigenvalue weighted by atomic mass is 10.1. The second-order valence-electron chi connectivity index (χ2n) is 5.82. The van der Waals surface area contributed by atoms with E-state index in [1.54, 1.807) is 20.2 Å². The van der Waals surface area contributed by atoms with Crippen LogP contribution in [0.25, 0.3) is 0 Å². The van der Waals surface area contributed by atoms with Gasteiger partial charge in [-0.05, 0) is 25.7 Å². The number of likely N-dealkylation sites (tertiary alicyclic amines) is 1. The van der Waals surface area contributed by atoms with E-state index < -0.39 is 0 Å². The summed E-state index contributed by atoms with van der Waals surface area (Å²) in [6.07, 6.45) is 4.01. The number of ether oxygens (including phenoxy) is 2. The molecule has 24 heavy (non-hydrogen) atoms. The highest BCUT2D eigenvalue weighted by atomic mass is 16.5. The van der Waals surface area contributed by atoms with E-state index in [1.165, 1.54) is 11.1 Å². The number of aryl methyl sites for hydroxylation is 1. The summed E-state index contributed by atoms with van der Waals surface area (Å²) in [7, 11) is 3.30. The highest BCUT2D eigenvalue weighted by Gasteiger charge is 2.18. The normalized spacial score (nSPS) is 14.5. The van der Waals surface area contributed by atoms with Crippen molar-refractivity contribution in [2.45, 2.75) is 25.7 Å². The van der Waals surface area contributed by atoms with E-state index in [9.17, 15) is 9.59 Å². The molecule has 2 amide bonds. The number of hydrogen-bond acceptors (Lipinski definition) is 5. The summed E-state index contributed by atoms with van der Waals surface area (Å²) in [6, 6.07) is 1.55. The lowest BCUT2D eigenvalue weighted by Gasteiger charge is -2.26. The average molecular weight is 338 g/mol. The summed E-state index contributed by atoms with van der Waals surface area (Å²) in [5, 5.41) is 6.89. The van der Waals surface area contributed by atoms with Gasteiger partial charge in [0.2, 0.25) is 5.88 Å². The number of aromatic nitrogens is 2. The molecular weight excluding hydrogens is 312 g/mol. The zero-order valence-corrected chi connectivity index (χ0v) is 14.4. The zero-order chi connectivity index (χ0) is 17.4. The maximum Gasteiger partial charge on any atom is 0.271 e. The summed E-state index contributed by atoms with van der Waals surface area (Å²) in [5.41, 5.74) is 0.273. The Labute approximate surface area is 142 Å². The van der Waals surface area contributed by atoms with Gasteiger partial charge in [-0.15, -0.1) is 0 Å². The highest BCUT2D eigenvalue weighted by molar-refractivity contribution is 5.92. The first-order chi connectivity index (χ1) is 11.6. The summed E-state index contributed by atoms with van der Waals surface area (Å²) in [6.45, 7) is 2.67. The molecule has 0 atom stereocenters. The third kappa shape index (κ3) is 5.23. The molecule has 0 spiro atoms. The first kappa shape index (κ1) is 18.3. The second kappa shape index (κ2) is 9.27. The molecule has 1 aliphatic heterocycles. The van der Waals surface area contributed by atoms with Crippen molar-refractivity contribution in [1.82, 2.24) is 20.0 Å². The van der Waals surface area contributed by atoms with E-state index >= 15 is 0 Å². The Kier molecular flexibility index (Phi) is 7.05. The van der Waals surface area contributed by atoms with Crippen LogP contribution in [0.2, 0.25) is 0 Å². The van der Waals surface area contributed by atoms with Crippen molar-refractivity contribution in [1.29, 1.82) is 0 Å². The molecule has 0 bridgehead atoms. The molecule has 1 aromatic heterocycles. The molecule has 1 saturated heterocycles. The van der Waals surface area contributed by atoms with Gasteiger partial charge in [-0.25, -0.2) is 4.68 Å². The van der Waals surface area contributed by atoms with Gasteiger partial charge < -0.3 is 19.7 Å². The van der Waals surface area contributed by atoms with Crippen molar-refractivity contribution in [3.63, 3.8) is 0 Å². The molecule has 1 N–H and O–H groups in total. The first-order valence-corrected chi connectivity index (χ1v) is 8.33. The Hall–Kier alpha value is -2.09. The van der Waals surface area contributed by atoms with Crippen molar-refractivity contribution >= 4 is 11.8 Å². The molecule has 8 nitrogen and oxygen atoms in total. The van der Waals surface area contributed by atoms with Gasteiger partial charge in [-0.1, -0.05) is 0 Å². The van der Waals surface area contributed by atoms with Crippen molar-refractivity contribution in [2.75, 3.05) is 40.0 Å². The monoisotopic (exact) mass is 338 g/mol. The molecule has 1 aliphatic rings. The second-order valence-corrected chi connectivity index (χ2v) is 5.82. The van der Waals surface area contributed by atoms with Crippen LogP contribution >= 0.6 is 0 Å². The molecule has 0 saturated carbocycles. The SMILES string of the molecule is COCCCNC(=O)c1cc(OCC(=O)N2CCCCC2)n(C)n1. The van der Waals surface area contributed by atoms with Gasteiger partial charge in [0.1, 0.15) is 0 Å². The van der Waals surface area contributed by atoms with Crippen LogP contribution in [0.15, 0.2) is 6.07 Å². The summed E-state index contributed by atoms with van der Waals surface area (Å²) < 4.78 is 11.9. The van der Waals surface area contributed by atoms with Crippen LogP contribution in [0.1, 0.15) is 36.2 Å². The number of nitrogens with one attached hydrogen (secondary N) is 1. The number of nitrogens with zero attached hydrogens (tertiary/aromatic N) is 3. The lowest BCUT2D eigenvalue weighted by molar-refractivity contribution is -0.134. The Balaban J connectivity index is 1.82. The summed E-state index contributed by atoms with van der Waals surface area (Å²) in [5.74, 6) is 0.114. The molecule has 2 rings (SSSR count). The number of carbonyl (C=O) groups excluding carboxylic acids is 2. The van der Waals surface area contributed by atoms with Crippen molar-refractivity contribution in [3.8, 4) is 5.88 Å². The number of methoxy groups -OCH3 is 1. The van der Waals surface area contributed by atoms with E-state index in [2.05, 4.69) is 10.4 Å². The van der Waals surface area contributed by atoms with Gasteiger partial charge in [-0.2, -0.15) is 5.10 Å². The molecule has 134 valence electrons. The van der Waals surface area contributed by atoms with Gasteiger partial charge in [0, 0.05) is 46.5 Å². The number of rotatable bonds is 8.